The number of aromatic nitrogens is 2. The van der Waals surface area contributed by atoms with Gasteiger partial charge in [-0.3, -0.25) is 4.79 Å². The van der Waals surface area contributed by atoms with Crippen LogP contribution in [0.4, 0.5) is 0 Å². The second kappa shape index (κ2) is 9.20. The number of carbonyl (C=O) groups is 1. The molecule has 1 amide bonds. The van der Waals surface area contributed by atoms with Gasteiger partial charge in [0.15, 0.2) is 16.7 Å². The summed E-state index contributed by atoms with van der Waals surface area (Å²) < 4.78 is 15.9. The third kappa shape index (κ3) is 4.20. The van der Waals surface area contributed by atoms with Crippen molar-refractivity contribution in [2.45, 2.75) is 5.16 Å². The second-order valence-electron chi connectivity index (χ2n) is 5.68. The summed E-state index contributed by atoms with van der Waals surface area (Å²) >= 11 is 3.05. The Hall–Kier alpha value is -2.39. The molecule has 0 atom stereocenters. The van der Waals surface area contributed by atoms with Gasteiger partial charge in [-0.1, -0.05) is 11.8 Å². The molecule has 0 N–H and O–H groups in total. The summed E-state index contributed by atoms with van der Waals surface area (Å²) in [6.45, 7) is 0.621. The Bertz CT molecular complexity index is 905. The van der Waals surface area contributed by atoms with E-state index in [-0.39, 0.29) is 5.91 Å². The first kappa shape index (κ1) is 20.3. The Kier molecular flexibility index (Phi) is 6.69. The predicted molar refractivity (Wildman–Crippen MR) is 111 cm³/mol. The largest absolute Gasteiger partial charge is 0.493 e. The van der Waals surface area contributed by atoms with E-state index in [1.807, 2.05) is 12.3 Å². The molecule has 0 saturated carbocycles. The van der Waals surface area contributed by atoms with Crippen molar-refractivity contribution in [3.8, 4) is 17.4 Å². The molecular formula is C19H21N3O4S2. The van der Waals surface area contributed by atoms with Crippen LogP contribution in [0.2, 0.25) is 0 Å². The van der Waals surface area contributed by atoms with E-state index in [1.54, 1.807) is 62.4 Å². The third-order valence-electron chi connectivity index (χ3n) is 4.12. The van der Waals surface area contributed by atoms with E-state index < -0.39 is 0 Å². The number of rotatable bonds is 6. The van der Waals surface area contributed by atoms with Crippen LogP contribution in [0.25, 0.3) is 6.08 Å². The Balaban J connectivity index is 1.91. The molecule has 0 radical (unpaired) electrons. The molecule has 148 valence electrons. The van der Waals surface area contributed by atoms with Crippen molar-refractivity contribution >= 4 is 35.5 Å². The summed E-state index contributed by atoms with van der Waals surface area (Å²) in [5.41, 5.74) is 1.27. The quantitative estimate of drug-likeness (QED) is 0.521. The number of benzene rings is 1. The van der Waals surface area contributed by atoms with Crippen molar-refractivity contribution in [1.29, 1.82) is 0 Å². The SMILES string of the molecule is COc1ccc(C(=O)N2CCS/C2=C/c2cnc(SC)nc2OC)cc1OC. The summed E-state index contributed by atoms with van der Waals surface area (Å²) in [4.78, 5) is 23.5. The van der Waals surface area contributed by atoms with Crippen molar-refractivity contribution in [3.63, 3.8) is 0 Å². The highest BCUT2D eigenvalue weighted by atomic mass is 32.2. The van der Waals surface area contributed by atoms with Crippen LogP contribution in [0, 0.1) is 0 Å². The molecule has 2 heterocycles. The first-order valence-electron chi connectivity index (χ1n) is 8.44. The van der Waals surface area contributed by atoms with Gasteiger partial charge >= 0.3 is 0 Å². The Morgan fingerprint density at radius 2 is 2.00 bits per heavy atom. The van der Waals surface area contributed by atoms with Gasteiger partial charge in [0.05, 0.1) is 31.9 Å². The van der Waals surface area contributed by atoms with Crippen LogP contribution in [0.5, 0.6) is 17.4 Å². The molecule has 1 aliphatic rings. The lowest BCUT2D eigenvalue weighted by molar-refractivity contribution is 0.0830. The summed E-state index contributed by atoms with van der Waals surface area (Å²) in [6, 6.07) is 5.16. The van der Waals surface area contributed by atoms with Crippen LogP contribution < -0.4 is 14.2 Å². The number of hydrogen-bond donors (Lipinski definition) is 0. The smallest absolute Gasteiger partial charge is 0.258 e. The van der Waals surface area contributed by atoms with Gasteiger partial charge < -0.3 is 19.1 Å². The van der Waals surface area contributed by atoms with E-state index in [0.29, 0.717) is 34.6 Å². The first-order valence-corrected chi connectivity index (χ1v) is 10.7. The number of amides is 1. The molecule has 0 aliphatic carbocycles. The molecule has 7 nitrogen and oxygen atoms in total. The van der Waals surface area contributed by atoms with Gasteiger partial charge in [0.25, 0.3) is 5.91 Å². The van der Waals surface area contributed by atoms with Crippen LogP contribution in [-0.2, 0) is 0 Å². The van der Waals surface area contributed by atoms with Crippen LogP contribution in [0.3, 0.4) is 0 Å². The zero-order valence-electron chi connectivity index (χ0n) is 16.1. The van der Waals surface area contributed by atoms with E-state index in [9.17, 15) is 4.79 Å². The van der Waals surface area contributed by atoms with Gasteiger partial charge in [-0.05, 0) is 30.5 Å². The molecule has 1 aromatic carbocycles. The molecule has 3 rings (SSSR count). The highest BCUT2D eigenvalue weighted by Crippen LogP contribution is 2.34. The standard InChI is InChI=1S/C19H21N3O4S2/c1-24-14-6-5-12(9-15(14)25-2)18(23)22-7-8-28-16(22)10-13-11-20-19(27-4)21-17(13)26-3/h5-6,9-11H,7-8H2,1-4H3/b16-10+. The molecule has 0 unspecified atom stereocenters. The average Bonchev–Trinajstić information content (AvgIpc) is 3.20. The van der Waals surface area contributed by atoms with Crippen LogP contribution in [0.1, 0.15) is 15.9 Å². The van der Waals surface area contributed by atoms with Gasteiger partial charge in [-0.25, -0.2) is 4.98 Å². The lowest BCUT2D eigenvalue weighted by Gasteiger charge is -2.18. The molecular weight excluding hydrogens is 398 g/mol. The molecule has 1 aromatic heterocycles. The second-order valence-corrected chi connectivity index (χ2v) is 7.57. The fourth-order valence-corrected chi connectivity index (χ4v) is 4.09. The van der Waals surface area contributed by atoms with Crippen LogP contribution in [0.15, 0.2) is 34.6 Å². The van der Waals surface area contributed by atoms with E-state index in [0.717, 1.165) is 16.3 Å². The number of methoxy groups -OCH3 is 3. The number of ether oxygens (including phenoxy) is 3. The molecule has 0 spiro atoms. The summed E-state index contributed by atoms with van der Waals surface area (Å²) in [5, 5.41) is 1.47. The van der Waals surface area contributed by atoms with E-state index in [2.05, 4.69) is 9.97 Å². The monoisotopic (exact) mass is 419 g/mol. The maximum absolute atomic E-state index is 13.1. The normalized spacial score (nSPS) is 15.0. The van der Waals surface area contributed by atoms with Gasteiger partial charge in [-0.15, -0.1) is 11.8 Å². The molecule has 2 aromatic rings. The van der Waals surface area contributed by atoms with Crippen molar-refractivity contribution in [1.82, 2.24) is 14.9 Å². The molecule has 9 heteroatoms. The highest BCUT2D eigenvalue weighted by Gasteiger charge is 2.26. The van der Waals surface area contributed by atoms with E-state index in [1.165, 1.54) is 11.8 Å². The number of carbonyl (C=O) groups excluding carboxylic acids is 1. The molecule has 0 bridgehead atoms. The number of nitrogens with zero attached hydrogens (tertiary/aromatic N) is 3. The maximum atomic E-state index is 13.1. The van der Waals surface area contributed by atoms with Gasteiger partial charge in [0, 0.05) is 24.1 Å². The van der Waals surface area contributed by atoms with Gasteiger partial charge in [0.1, 0.15) is 0 Å². The Morgan fingerprint density at radius 1 is 1.21 bits per heavy atom. The summed E-state index contributed by atoms with van der Waals surface area (Å²) in [5.74, 6) is 2.31. The minimum absolute atomic E-state index is 0.0992. The Labute approximate surface area is 172 Å². The fourth-order valence-electron chi connectivity index (χ4n) is 2.73. The lowest BCUT2D eigenvalue weighted by atomic mass is 10.1. The first-order chi connectivity index (χ1) is 13.6. The maximum Gasteiger partial charge on any atom is 0.258 e. The molecule has 1 fully saturated rings. The van der Waals surface area contributed by atoms with Gasteiger partial charge in [0.2, 0.25) is 5.88 Å². The van der Waals surface area contributed by atoms with Gasteiger partial charge in [-0.2, -0.15) is 4.98 Å². The Morgan fingerprint density at radius 3 is 2.68 bits per heavy atom. The fraction of sp³-hybridized carbons (Fsp3) is 0.316. The molecule has 1 saturated heterocycles. The minimum Gasteiger partial charge on any atom is -0.493 e. The van der Waals surface area contributed by atoms with E-state index in [4.69, 9.17) is 14.2 Å². The third-order valence-corrected chi connectivity index (χ3v) is 5.70. The van der Waals surface area contributed by atoms with Crippen molar-refractivity contribution in [2.24, 2.45) is 0 Å². The van der Waals surface area contributed by atoms with Crippen LogP contribution in [-0.4, -0.2) is 60.7 Å². The lowest BCUT2D eigenvalue weighted by Crippen LogP contribution is -2.26. The average molecular weight is 420 g/mol. The minimum atomic E-state index is -0.0992. The topological polar surface area (TPSA) is 73.8 Å². The molecule has 1 aliphatic heterocycles. The zero-order chi connectivity index (χ0) is 20.1. The van der Waals surface area contributed by atoms with E-state index >= 15 is 0 Å². The number of thioether (sulfide) groups is 2. The molecule has 28 heavy (non-hydrogen) atoms. The predicted octanol–water partition coefficient (Wildman–Crippen LogP) is 3.41. The highest BCUT2D eigenvalue weighted by molar-refractivity contribution is 8.03. The zero-order valence-corrected chi connectivity index (χ0v) is 17.7. The van der Waals surface area contributed by atoms with Crippen molar-refractivity contribution in [3.05, 3.63) is 40.6 Å². The summed E-state index contributed by atoms with van der Waals surface area (Å²) in [7, 11) is 4.69. The van der Waals surface area contributed by atoms with Crippen molar-refractivity contribution in [2.75, 3.05) is 39.9 Å². The van der Waals surface area contributed by atoms with Crippen LogP contribution >= 0.6 is 23.5 Å². The van der Waals surface area contributed by atoms with Crippen molar-refractivity contribution < 1.29 is 19.0 Å². The summed E-state index contributed by atoms with van der Waals surface area (Å²) in [6.07, 6.45) is 5.51. The number of hydrogen-bond acceptors (Lipinski definition) is 8.